The van der Waals surface area contributed by atoms with Crippen LogP contribution >= 0.6 is 11.3 Å². The van der Waals surface area contributed by atoms with Gasteiger partial charge < -0.3 is 14.7 Å². The molecule has 0 aliphatic carbocycles. The van der Waals surface area contributed by atoms with Gasteiger partial charge in [0.1, 0.15) is 18.2 Å². The monoisotopic (exact) mass is 434 g/mol. The van der Waals surface area contributed by atoms with Gasteiger partial charge in [0.15, 0.2) is 0 Å². The van der Waals surface area contributed by atoms with E-state index < -0.39 is 6.10 Å². The van der Waals surface area contributed by atoms with Gasteiger partial charge in [-0.15, -0.1) is 11.3 Å². The number of halogens is 1. The Hall–Kier alpha value is -1.96. The maximum Gasteiger partial charge on any atom is 0.237 e. The number of aliphatic hydroxyl groups excluding tert-OH is 1. The fourth-order valence-electron chi connectivity index (χ4n) is 3.98. The third kappa shape index (κ3) is 6.03. The topological polar surface area (TPSA) is 53.0 Å². The molecule has 3 rings (SSSR count). The number of hydrogen-bond donors (Lipinski definition) is 1. The van der Waals surface area contributed by atoms with E-state index in [2.05, 4.69) is 19.9 Å². The molecule has 30 heavy (non-hydrogen) atoms. The molecule has 1 aromatic heterocycles. The minimum absolute atomic E-state index is 0.0287. The van der Waals surface area contributed by atoms with Gasteiger partial charge in [-0.05, 0) is 48.4 Å². The Morgan fingerprint density at radius 2 is 2.13 bits per heavy atom. The fraction of sp³-hybridized carbons (Fsp3) is 0.522. The van der Waals surface area contributed by atoms with E-state index in [1.54, 1.807) is 30.4 Å². The van der Waals surface area contributed by atoms with E-state index in [0.717, 1.165) is 18.5 Å². The maximum atomic E-state index is 13.5. The van der Waals surface area contributed by atoms with Crippen molar-refractivity contribution in [3.05, 3.63) is 52.0 Å². The van der Waals surface area contributed by atoms with Crippen molar-refractivity contribution in [2.24, 2.45) is 5.92 Å². The lowest BCUT2D eigenvalue weighted by Crippen LogP contribution is -2.48. The van der Waals surface area contributed by atoms with Crippen LogP contribution in [0.2, 0.25) is 0 Å². The molecule has 2 heterocycles. The summed E-state index contributed by atoms with van der Waals surface area (Å²) < 4.78 is 19.4. The van der Waals surface area contributed by atoms with Crippen molar-refractivity contribution in [1.82, 2.24) is 9.80 Å². The van der Waals surface area contributed by atoms with Crippen molar-refractivity contribution < 1.29 is 19.0 Å². The molecule has 5 nitrogen and oxygen atoms in total. The molecule has 1 aromatic carbocycles. The third-order valence-electron chi connectivity index (χ3n) is 5.12. The first-order valence-electron chi connectivity index (χ1n) is 10.5. The molecule has 0 saturated heterocycles. The Balaban J connectivity index is 1.74. The molecule has 1 aliphatic rings. The standard InChI is InChI=1S/C23H31FN2O3S/c1-16(2)12-25(13-17(3)27)14-23(28)26-9-7-22-20(8-10-30-22)21(26)15-29-19-6-4-5-18(24)11-19/h4-6,8,10-11,16-17,21,27H,7,9,12-15H2,1-3H3/t17-,21-/m1/s1. The molecule has 7 heteroatoms. The van der Waals surface area contributed by atoms with Crippen molar-refractivity contribution in [3.8, 4) is 5.75 Å². The summed E-state index contributed by atoms with van der Waals surface area (Å²) in [5.74, 6) is 0.539. The highest BCUT2D eigenvalue weighted by Crippen LogP contribution is 2.34. The summed E-state index contributed by atoms with van der Waals surface area (Å²) in [7, 11) is 0. The molecule has 0 saturated carbocycles. The molecule has 2 atom stereocenters. The minimum atomic E-state index is -0.492. The molecule has 0 spiro atoms. The largest absolute Gasteiger partial charge is 0.491 e. The Morgan fingerprint density at radius 1 is 1.33 bits per heavy atom. The van der Waals surface area contributed by atoms with Crippen molar-refractivity contribution in [3.63, 3.8) is 0 Å². The number of carbonyl (C=O) groups is 1. The van der Waals surface area contributed by atoms with Gasteiger partial charge in [0.25, 0.3) is 0 Å². The molecular weight excluding hydrogens is 403 g/mol. The highest BCUT2D eigenvalue weighted by atomic mass is 32.1. The van der Waals surface area contributed by atoms with Gasteiger partial charge in [-0.2, -0.15) is 0 Å². The Kier molecular flexibility index (Phi) is 7.86. The number of aliphatic hydroxyl groups is 1. The molecular formula is C23H31FN2O3S. The van der Waals surface area contributed by atoms with Gasteiger partial charge in [0.05, 0.1) is 18.7 Å². The van der Waals surface area contributed by atoms with Gasteiger partial charge in [-0.1, -0.05) is 19.9 Å². The normalized spacial score (nSPS) is 17.3. The zero-order valence-electron chi connectivity index (χ0n) is 17.9. The summed E-state index contributed by atoms with van der Waals surface area (Å²) in [5.41, 5.74) is 1.11. The highest BCUT2D eigenvalue weighted by molar-refractivity contribution is 7.10. The van der Waals surface area contributed by atoms with E-state index in [9.17, 15) is 14.3 Å². The van der Waals surface area contributed by atoms with E-state index >= 15 is 0 Å². The molecule has 0 fully saturated rings. The Bertz CT molecular complexity index is 829. The van der Waals surface area contributed by atoms with Crippen LogP contribution in [0.15, 0.2) is 35.7 Å². The van der Waals surface area contributed by atoms with Crippen molar-refractivity contribution in [2.45, 2.75) is 39.3 Å². The minimum Gasteiger partial charge on any atom is -0.491 e. The average Bonchev–Trinajstić information content (AvgIpc) is 3.14. The number of amides is 1. The highest BCUT2D eigenvalue weighted by Gasteiger charge is 2.33. The van der Waals surface area contributed by atoms with Crippen molar-refractivity contribution >= 4 is 17.2 Å². The summed E-state index contributed by atoms with van der Waals surface area (Å²) in [5, 5.41) is 11.9. The van der Waals surface area contributed by atoms with Gasteiger partial charge in [0.2, 0.25) is 5.91 Å². The van der Waals surface area contributed by atoms with Crippen LogP contribution in [0.4, 0.5) is 4.39 Å². The van der Waals surface area contributed by atoms with E-state index in [4.69, 9.17) is 4.74 Å². The van der Waals surface area contributed by atoms with Gasteiger partial charge >= 0.3 is 0 Å². The number of fused-ring (bicyclic) bond motifs is 1. The average molecular weight is 435 g/mol. The fourth-order valence-corrected chi connectivity index (χ4v) is 4.91. The zero-order valence-corrected chi connectivity index (χ0v) is 18.7. The number of nitrogens with zero attached hydrogens (tertiary/aromatic N) is 2. The summed E-state index contributed by atoms with van der Waals surface area (Å²) in [6.07, 6.45) is 0.337. The SMILES string of the molecule is CC(C)CN(CC(=O)N1CCc2sccc2[C@H]1COc1cccc(F)c1)C[C@@H](C)O. The first-order valence-corrected chi connectivity index (χ1v) is 11.4. The van der Waals surface area contributed by atoms with E-state index in [1.807, 2.05) is 15.2 Å². The Labute approximate surface area is 182 Å². The van der Waals surface area contributed by atoms with E-state index in [-0.39, 0.29) is 30.9 Å². The molecule has 1 N–H and O–H groups in total. The lowest BCUT2D eigenvalue weighted by Gasteiger charge is -2.37. The molecule has 0 radical (unpaired) electrons. The quantitative estimate of drug-likeness (QED) is 0.653. The van der Waals surface area contributed by atoms with Crippen LogP contribution in [0.5, 0.6) is 5.75 Å². The van der Waals surface area contributed by atoms with Crippen LogP contribution in [0.1, 0.15) is 37.3 Å². The molecule has 1 amide bonds. The number of thiophene rings is 1. The number of hydrogen-bond acceptors (Lipinski definition) is 5. The maximum absolute atomic E-state index is 13.5. The summed E-state index contributed by atoms with van der Waals surface area (Å²) in [4.78, 5) is 18.4. The second kappa shape index (κ2) is 10.4. The van der Waals surface area contributed by atoms with Crippen molar-refractivity contribution in [1.29, 1.82) is 0 Å². The first-order chi connectivity index (χ1) is 14.3. The first kappa shape index (κ1) is 22.7. The molecule has 164 valence electrons. The van der Waals surface area contributed by atoms with Crippen LogP contribution < -0.4 is 4.74 Å². The van der Waals surface area contributed by atoms with Gasteiger partial charge in [-0.25, -0.2) is 4.39 Å². The molecule has 1 aliphatic heterocycles. The summed E-state index contributed by atoms with van der Waals surface area (Å²) in [6, 6.07) is 7.93. The Morgan fingerprint density at radius 3 is 2.83 bits per heavy atom. The third-order valence-corrected chi connectivity index (χ3v) is 6.12. The second-order valence-corrected chi connectivity index (χ2v) is 9.36. The summed E-state index contributed by atoms with van der Waals surface area (Å²) >= 11 is 1.70. The van der Waals surface area contributed by atoms with Crippen LogP contribution in [-0.2, 0) is 11.2 Å². The van der Waals surface area contributed by atoms with Crippen LogP contribution in [0, 0.1) is 11.7 Å². The lowest BCUT2D eigenvalue weighted by molar-refractivity contribution is -0.136. The van der Waals surface area contributed by atoms with Crippen LogP contribution in [0.25, 0.3) is 0 Å². The number of rotatable bonds is 9. The van der Waals surface area contributed by atoms with Crippen molar-refractivity contribution in [2.75, 3.05) is 32.8 Å². The number of ether oxygens (including phenoxy) is 1. The van der Waals surface area contributed by atoms with E-state index in [1.165, 1.54) is 17.0 Å². The number of carbonyl (C=O) groups excluding carboxylic acids is 1. The summed E-state index contributed by atoms with van der Waals surface area (Å²) in [6.45, 7) is 8.34. The van der Waals surface area contributed by atoms with Gasteiger partial charge in [0, 0.05) is 30.6 Å². The molecule has 2 aromatic rings. The second-order valence-electron chi connectivity index (χ2n) is 8.36. The number of benzene rings is 1. The van der Waals surface area contributed by atoms with Crippen LogP contribution in [-0.4, -0.2) is 59.7 Å². The predicted octanol–water partition coefficient (Wildman–Crippen LogP) is 3.73. The molecule has 0 bridgehead atoms. The smallest absolute Gasteiger partial charge is 0.237 e. The van der Waals surface area contributed by atoms with Gasteiger partial charge in [-0.3, -0.25) is 9.69 Å². The van der Waals surface area contributed by atoms with Crippen LogP contribution in [0.3, 0.4) is 0 Å². The lowest BCUT2D eigenvalue weighted by atomic mass is 10.00. The zero-order chi connectivity index (χ0) is 21.7. The predicted molar refractivity (Wildman–Crippen MR) is 117 cm³/mol. The van der Waals surface area contributed by atoms with E-state index in [0.29, 0.717) is 24.8 Å². The molecule has 0 unspecified atom stereocenters.